The lowest BCUT2D eigenvalue weighted by atomic mass is 9.85. The second kappa shape index (κ2) is 8.85. The van der Waals surface area contributed by atoms with Gasteiger partial charge in [-0.2, -0.15) is 0 Å². The highest BCUT2D eigenvalue weighted by Gasteiger charge is 2.33. The number of allylic oxidation sites excluding steroid dienone is 1. The highest BCUT2D eigenvalue weighted by atomic mass is 16.5. The maximum atomic E-state index is 14.1. The summed E-state index contributed by atoms with van der Waals surface area (Å²) in [5.74, 6) is -0.360. The largest absolute Gasteiger partial charge is 0.364 e. The van der Waals surface area contributed by atoms with E-state index in [0.717, 1.165) is 27.6 Å². The van der Waals surface area contributed by atoms with Gasteiger partial charge in [-0.15, -0.1) is 0 Å². The van der Waals surface area contributed by atoms with E-state index in [1.54, 1.807) is 12.0 Å². The molecule has 1 amide bonds. The minimum absolute atomic E-state index is 0.115. The molecule has 0 saturated carbocycles. The maximum Gasteiger partial charge on any atom is 0.257 e. The molecule has 162 valence electrons. The number of carbonyl (C=O) groups is 2. The summed E-state index contributed by atoms with van der Waals surface area (Å²) in [4.78, 5) is 29.5. The highest BCUT2D eigenvalue weighted by molar-refractivity contribution is 6.36. The van der Waals surface area contributed by atoms with Crippen molar-refractivity contribution in [2.75, 3.05) is 18.7 Å². The number of Topliss-reactive ketones (excluding diaryl/α,β-unsaturated/α-hetero) is 1. The predicted molar refractivity (Wildman–Crippen MR) is 131 cm³/mol. The molecule has 1 heterocycles. The first-order chi connectivity index (χ1) is 16.2. The van der Waals surface area contributed by atoms with Crippen LogP contribution in [0.2, 0.25) is 0 Å². The molecule has 0 unspecified atom stereocenters. The van der Waals surface area contributed by atoms with E-state index in [2.05, 4.69) is 0 Å². The number of fused-ring (bicyclic) bond motifs is 2. The minimum atomic E-state index is -0.206. The maximum absolute atomic E-state index is 14.1. The van der Waals surface area contributed by atoms with Gasteiger partial charge in [0.1, 0.15) is 6.73 Å². The normalized spacial score (nSPS) is 14.8. The number of rotatable bonds is 5. The van der Waals surface area contributed by atoms with Crippen molar-refractivity contribution in [3.63, 3.8) is 0 Å². The van der Waals surface area contributed by atoms with Crippen molar-refractivity contribution in [2.45, 2.75) is 6.42 Å². The van der Waals surface area contributed by atoms with Crippen LogP contribution in [0, 0.1) is 0 Å². The molecule has 0 spiro atoms. The molecule has 0 aliphatic carbocycles. The first-order valence-corrected chi connectivity index (χ1v) is 10.9. The summed E-state index contributed by atoms with van der Waals surface area (Å²) in [6, 6.07) is 30.8. The molecule has 0 atom stereocenters. The first kappa shape index (κ1) is 20.9. The zero-order valence-electron chi connectivity index (χ0n) is 18.3. The van der Waals surface area contributed by atoms with E-state index in [4.69, 9.17) is 4.74 Å². The van der Waals surface area contributed by atoms with Crippen LogP contribution < -0.4 is 4.90 Å². The molecule has 5 rings (SSSR count). The summed E-state index contributed by atoms with van der Waals surface area (Å²) in [7, 11) is 1.56. The summed E-state index contributed by atoms with van der Waals surface area (Å²) >= 11 is 0. The molecular formula is C29H23NO3. The summed E-state index contributed by atoms with van der Waals surface area (Å²) in [5.41, 5.74) is 4.05. The van der Waals surface area contributed by atoms with Crippen molar-refractivity contribution >= 4 is 33.7 Å². The third-order valence-electron chi connectivity index (χ3n) is 6.04. The molecule has 4 aromatic carbocycles. The molecule has 0 bridgehead atoms. The van der Waals surface area contributed by atoms with Crippen LogP contribution in [0.1, 0.15) is 21.5 Å². The Morgan fingerprint density at radius 3 is 2.36 bits per heavy atom. The van der Waals surface area contributed by atoms with E-state index < -0.39 is 0 Å². The number of nitrogens with zero attached hydrogens (tertiary/aromatic N) is 1. The van der Waals surface area contributed by atoms with E-state index in [-0.39, 0.29) is 18.4 Å². The van der Waals surface area contributed by atoms with Gasteiger partial charge in [0.25, 0.3) is 5.91 Å². The van der Waals surface area contributed by atoms with Gasteiger partial charge in [-0.05, 0) is 28.0 Å². The molecule has 0 aromatic heterocycles. The van der Waals surface area contributed by atoms with Crippen LogP contribution in [0.3, 0.4) is 0 Å². The molecule has 0 saturated heterocycles. The molecule has 0 N–H and O–H groups in total. The van der Waals surface area contributed by atoms with Gasteiger partial charge in [-0.25, -0.2) is 0 Å². The van der Waals surface area contributed by atoms with Gasteiger partial charge >= 0.3 is 0 Å². The van der Waals surface area contributed by atoms with Crippen LogP contribution in [0.15, 0.2) is 103 Å². The fourth-order valence-electron chi connectivity index (χ4n) is 4.52. The second-order valence-electron chi connectivity index (χ2n) is 8.03. The number of ether oxygens (including phenoxy) is 1. The number of anilines is 1. The number of hydrogen-bond donors (Lipinski definition) is 0. The van der Waals surface area contributed by atoms with Crippen molar-refractivity contribution in [2.24, 2.45) is 0 Å². The SMILES string of the molecule is COCN1C(=O)/C(=C(/C(=O)c2cccc3ccccc23)c2ccccc2)Cc2ccccc21. The lowest BCUT2D eigenvalue weighted by Gasteiger charge is -2.31. The Labute approximate surface area is 192 Å². The topological polar surface area (TPSA) is 46.6 Å². The van der Waals surface area contributed by atoms with E-state index in [1.807, 2.05) is 97.1 Å². The fraction of sp³-hybridized carbons (Fsp3) is 0.103. The first-order valence-electron chi connectivity index (χ1n) is 10.9. The Morgan fingerprint density at radius 1 is 0.848 bits per heavy atom. The number of methoxy groups -OCH3 is 1. The monoisotopic (exact) mass is 433 g/mol. The molecule has 1 aliphatic heterocycles. The summed E-state index contributed by atoms with van der Waals surface area (Å²) in [6.45, 7) is 0.115. The van der Waals surface area contributed by atoms with Crippen LogP contribution in [0.25, 0.3) is 16.3 Å². The van der Waals surface area contributed by atoms with Gasteiger partial charge in [0.05, 0.1) is 0 Å². The number of ketones is 1. The van der Waals surface area contributed by atoms with Gasteiger partial charge in [0, 0.05) is 35.9 Å². The Balaban J connectivity index is 1.75. The minimum Gasteiger partial charge on any atom is -0.364 e. The number of hydrogen-bond acceptors (Lipinski definition) is 3. The molecule has 33 heavy (non-hydrogen) atoms. The van der Waals surface area contributed by atoms with Gasteiger partial charge in [0.15, 0.2) is 5.78 Å². The van der Waals surface area contributed by atoms with Crippen LogP contribution in [0.5, 0.6) is 0 Å². The molecule has 4 nitrogen and oxygen atoms in total. The Kier molecular flexibility index (Phi) is 5.59. The molecule has 1 aliphatic rings. The highest BCUT2D eigenvalue weighted by Crippen LogP contribution is 2.36. The molecule has 0 radical (unpaired) electrons. The van der Waals surface area contributed by atoms with Crippen LogP contribution >= 0.6 is 0 Å². The smallest absolute Gasteiger partial charge is 0.257 e. The lowest BCUT2D eigenvalue weighted by molar-refractivity contribution is -0.116. The summed E-state index contributed by atoms with van der Waals surface area (Å²) < 4.78 is 5.34. The van der Waals surface area contributed by atoms with Crippen LogP contribution in [-0.2, 0) is 16.0 Å². The van der Waals surface area contributed by atoms with Crippen molar-refractivity contribution < 1.29 is 14.3 Å². The number of carbonyl (C=O) groups excluding carboxylic acids is 2. The average molecular weight is 434 g/mol. The molecule has 4 aromatic rings. The van der Waals surface area contributed by atoms with Gasteiger partial charge in [0.2, 0.25) is 0 Å². The summed E-state index contributed by atoms with van der Waals surface area (Å²) in [5, 5.41) is 1.86. The van der Waals surface area contributed by atoms with Crippen molar-refractivity contribution in [3.8, 4) is 0 Å². The third-order valence-corrected chi connectivity index (χ3v) is 6.04. The summed E-state index contributed by atoms with van der Waals surface area (Å²) in [6.07, 6.45) is 0.385. The number of benzene rings is 4. The zero-order chi connectivity index (χ0) is 22.8. The Morgan fingerprint density at radius 2 is 1.55 bits per heavy atom. The van der Waals surface area contributed by atoms with Crippen molar-refractivity contribution in [1.29, 1.82) is 0 Å². The van der Waals surface area contributed by atoms with Crippen LogP contribution in [0.4, 0.5) is 5.69 Å². The van der Waals surface area contributed by atoms with Gasteiger partial charge in [-0.3, -0.25) is 14.5 Å². The molecular weight excluding hydrogens is 410 g/mol. The lowest BCUT2D eigenvalue weighted by Crippen LogP contribution is -2.39. The number of amides is 1. The van der Waals surface area contributed by atoms with E-state index in [1.165, 1.54) is 0 Å². The standard InChI is InChI=1S/C29H23NO3/c1-33-19-30-26-17-8-6-13-22(26)18-25(29(30)32)27(21-11-3-2-4-12-21)28(31)24-16-9-14-20-10-5-7-15-23(20)24/h2-17H,18-19H2,1H3/b27-25+. The van der Waals surface area contributed by atoms with E-state index in [9.17, 15) is 9.59 Å². The Bertz CT molecular complexity index is 1380. The second-order valence-corrected chi connectivity index (χ2v) is 8.03. The molecule has 4 heteroatoms. The third kappa shape index (κ3) is 3.75. The molecule has 0 fully saturated rings. The fourth-order valence-corrected chi connectivity index (χ4v) is 4.52. The van der Waals surface area contributed by atoms with Crippen molar-refractivity contribution in [3.05, 3.63) is 119 Å². The quantitative estimate of drug-likeness (QED) is 0.301. The van der Waals surface area contributed by atoms with E-state index >= 15 is 0 Å². The van der Waals surface area contributed by atoms with E-state index in [0.29, 0.717) is 23.1 Å². The van der Waals surface area contributed by atoms with Crippen molar-refractivity contribution in [1.82, 2.24) is 0 Å². The average Bonchev–Trinajstić information content (AvgIpc) is 2.86. The zero-order valence-corrected chi connectivity index (χ0v) is 18.3. The van der Waals surface area contributed by atoms with Gasteiger partial charge < -0.3 is 4.74 Å². The Hall–Kier alpha value is -4.02. The predicted octanol–water partition coefficient (Wildman–Crippen LogP) is 5.67. The van der Waals surface area contributed by atoms with Gasteiger partial charge in [-0.1, -0.05) is 91.0 Å². The van der Waals surface area contributed by atoms with Crippen LogP contribution in [-0.4, -0.2) is 25.5 Å². The number of para-hydroxylation sites is 1.